The summed E-state index contributed by atoms with van der Waals surface area (Å²) in [4.78, 5) is 15.9. The number of hydrogen-bond donors (Lipinski definition) is 2. The third-order valence-corrected chi connectivity index (χ3v) is 2.40. The highest BCUT2D eigenvalue weighted by Gasteiger charge is 2.10. The van der Waals surface area contributed by atoms with Crippen LogP contribution in [0, 0.1) is 0 Å². The highest BCUT2D eigenvalue weighted by atomic mass is 16.5. The molecule has 0 aromatic carbocycles. The monoisotopic (exact) mass is 260 g/mol. The van der Waals surface area contributed by atoms with Crippen molar-refractivity contribution < 1.29 is 9.53 Å². The summed E-state index contributed by atoms with van der Waals surface area (Å²) in [5.74, 6) is 0.359. The number of amides is 1. The van der Waals surface area contributed by atoms with Crippen molar-refractivity contribution in [2.45, 2.75) is 26.5 Å². The van der Waals surface area contributed by atoms with Crippen molar-refractivity contribution in [3.05, 3.63) is 41.9 Å². The van der Waals surface area contributed by atoms with Gasteiger partial charge in [-0.05, 0) is 19.9 Å². The quantitative estimate of drug-likeness (QED) is 0.854. The number of hydrogen-bond acceptors (Lipinski definition) is 4. The standard InChI is InChI=1S/C13H16N4O2/c1-9(2)19-13-10(4-3-5-14-13)6-15-12(18)11-7-16-17-8-11/h3-5,7-9H,6H2,1-2H3,(H,15,18)(H,16,17). The van der Waals surface area contributed by atoms with E-state index >= 15 is 0 Å². The number of carbonyl (C=O) groups excluding carboxylic acids is 1. The van der Waals surface area contributed by atoms with Crippen molar-refractivity contribution in [2.24, 2.45) is 0 Å². The fourth-order valence-electron chi connectivity index (χ4n) is 1.54. The lowest BCUT2D eigenvalue weighted by atomic mass is 10.2. The first-order valence-corrected chi connectivity index (χ1v) is 6.04. The zero-order valence-electron chi connectivity index (χ0n) is 10.9. The second kappa shape index (κ2) is 5.99. The molecule has 0 aliphatic rings. The van der Waals surface area contributed by atoms with Gasteiger partial charge >= 0.3 is 0 Å². The molecule has 0 unspecified atom stereocenters. The topological polar surface area (TPSA) is 79.9 Å². The van der Waals surface area contributed by atoms with Crippen LogP contribution in [0.1, 0.15) is 29.8 Å². The zero-order valence-corrected chi connectivity index (χ0v) is 10.9. The van der Waals surface area contributed by atoms with Gasteiger partial charge in [-0.2, -0.15) is 5.10 Å². The molecule has 0 saturated carbocycles. The summed E-state index contributed by atoms with van der Waals surface area (Å²) < 4.78 is 5.59. The van der Waals surface area contributed by atoms with Crippen LogP contribution in [0.4, 0.5) is 0 Å². The fraction of sp³-hybridized carbons (Fsp3) is 0.308. The van der Waals surface area contributed by atoms with Gasteiger partial charge < -0.3 is 10.1 Å². The van der Waals surface area contributed by atoms with Gasteiger partial charge in [0.25, 0.3) is 5.91 Å². The molecule has 0 spiro atoms. The lowest BCUT2D eigenvalue weighted by Crippen LogP contribution is -2.23. The second-order valence-corrected chi connectivity index (χ2v) is 4.30. The molecule has 100 valence electrons. The Morgan fingerprint density at radius 1 is 1.53 bits per heavy atom. The fourth-order valence-corrected chi connectivity index (χ4v) is 1.54. The summed E-state index contributed by atoms with van der Waals surface area (Å²) in [6.07, 6.45) is 4.73. The van der Waals surface area contributed by atoms with Crippen molar-refractivity contribution in [3.8, 4) is 5.88 Å². The van der Waals surface area contributed by atoms with Crippen LogP contribution < -0.4 is 10.1 Å². The molecule has 0 radical (unpaired) electrons. The summed E-state index contributed by atoms with van der Waals surface area (Å²) in [5.41, 5.74) is 1.34. The number of rotatable bonds is 5. The number of pyridine rings is 1. The predicted octanol–water partition coefficient (Wildman–Crippen LogP) is 1.52. The number of aromatic nitrogens is 3. The number of carbonyl (C=O) groups is 1. The smallest absolute Gasteiger partial charge is 0.254 e. The molecule has 2 rings (SSSR count). The van der Waals surface area contributed by atoms with Gasteiger partial charge in [0, 0.05) is 24.5 Å². The number of nitrogens with one attached hydrogen (secondary N) is 2. The van der Waals surface area contributed by atoms with Gasteiger partial charge in [0.05, 0.1) is 17.9 Å². The Bertz CT molecular complexity index is 537. The van der Waals surface area contributed by atoms with E-state index in [1.807, 2.05) is 26.0 Å². The molecule has 2 heterocycles. The van der Waals surface area contributed by atoms with Crippen LogP contribution in [0.2, 0.25) is 0 Å². The Kier molecular flexibility index (Phi) is 4.12. The van der Waals surface area contributed by atoms with Gasteiger partial charge in [-0.1, -0.05) is 6.07 Å². The molecule has 0 atom stereocenters. The maximum Gasteiger partial charge on any atom is 0.254 e. The van der Waals surface area contributed by atoms with E-state index in [0.717, 1.165) is 5.56 Å². The van der Waals surface area contributed by atoms with Crippen LogP contribution in [0.5, 0.6) is 5.88 Å². The number of H-pyrrole nitrogens is 1. The number of aromatic amines is 1. The number of ether oxygens (including phenoxy) is 1. The maximum absolute atomic E-state index is 11.8. The van der Waals surface area contributed by atoms with Crippen molar-refractivity contribution in [3.63, 3.8) is 0 Å². The molecule has 0 aliphatic heterocycles. The highest BCUT2D eigenvalue weighted by Crippen LogP contribution is 2.15. The van der Waals surface area contributed by atoms with Gasteiger partial charge in [-0.15, -0.1) is 0 Å². The van der Waals surface area contributed by atoms with Crippen molar-refractivity contribution in [1.82, 2.24) is 20.5 Å². The van der Waals surface area contributed by atoms with Crippen molar-refractivity contribution in [2.75, 3.05) is 0 Å². The summed E-state index contributed by atoms with van der Waals surface area (Å²) in [5, 5.41) is 9.13. The van der Waals surface area contributed by atoms with Gasteiger partial charge in [0.2, 0.25) is 5.88 Å². The van der Waals surface area contributed by atoms with Crippen LogP contribution >= 0.6 is 0 Å². The molecule has 0 saturated heterocycles. The van der Waals surface area contributed by atoms with Gasteiger partial charge in [0.1, 0.15) is 0 Å². The molecule has 0 fully saturated rings. The summed E-state index contributed by atoms with van der Waals surface area (Å²) >= 11 is 0. The Balaban J connectivity index is 2.01. The molecular weight excluding hydrogens is 244 g/mol. The van der Waals surface area contributed by atoms with Crippen LogP contribution in [0.15, 0.2) is 30.7 Å². The van der Waals surface area contributed by atoms with Crippen molar-refractivity contribution in [1.29, 1.82) is 0 Å². The van der Waals surface area contributed by atoms with E-state index in [-0.39, 0.29) is 12.0 Å². The van der Waals surface area contributed by atoms with E-state index in [1.54, 1.807) is 12.4 Å². The third kappa shape index (κ3) is 3.54. The Morgan fingerprint density at radius 3 is 3.05 bits per heavy atom. The molecular formula is C13H16N4O2. The Labute approximate surface area is 111 Å². The zero-order chi connectivity index (χ0) is 13.7. The lowest BCUT2D eigenvalue weighted by molar-refractivity contribution is 0.0950. The molecule has 2 N–H and O–H groups in total. The average molecular weight is 260 g/mol. The molecule has 6 nitrogen and oxygen atoms in total. The van der Waals surface area contributed by atoms with E-state index in [1.165, 1.54) is 6.20 Å². The Morgan fingerprint density at radius 2 is 2.37 bits per heavy atom. The highest BCUT2D eigenvalue weighted by molar-refractivity contribution is 5.93. The minimum Gasteiger partial charge on any atom is -0.475 e. The summed E-state index contributed by atoms with van der Waals surface area (Å²) in [6, 6.07) is 3.69. The van der Waals surface area contributed by atoms with E-state index in [9.17, 15) is 4.79 Å². The largest absolute Gasteiger partial charge is 0.475 e. The van der Waals surface area contributed by atoms with Crippen LogP contribution in [0.25, 0.3) is 0 Å². The van der Waals surface area contributed by atoms with Gasteiger partial charge in [0.15, 0.2) is 0 Å². The van der Waals surface area contributed by atoms with E-state index in [4.69, 9.17) is 4.74 Å². The normalized spacial score (nSPS) is 10.5. The molecule has 19 heavy (non-hydrogen) atoms. The molecule has 2 aromatic heterocycles. The Hall–Kier alpha value is -2.37. The first kappa shape index (κ1) is 13.1. The summed E-state index contributed by atoms with van der Waals surface area (Å²) in [7, 11) is 0. The van der Waals surface area contributed by atoms with E-state index in [2.05, 4.69) is 20.5 Å². The molecule has 1 amide bonds. The molecule has 0 bridgehead atoms. The summed E-state index contributed by atoms with van der Waals surface area (Å²) in [6.45, 7) is 4.23. The lowest BCUT2D eigenvalue weighted by Gasteiger charge is -2.13. The van der Waals surface area contributed by atoms with Crippen LogP contribution in [-0.2, 0) is 6.54 Å². The van der Waals surface area contributed by atoms with Gasteiger partial charge in [-0.3, -0.25) is 9.89 Å². The number of nitrogens with zero attached hydrogens (tertiary/aromatic N) is 2. The maximum atomic E-state index is 11.8. The molecule has 6 heteroatoms. The third-order valence-electron chi connectivity index (χ3n) is 2.40. The SMILES string of the molecule is CC(C)Oc1ncccc1CNC(=O)c1cn[nH]c1. The second-order valence-electron chi connectivity index (χ2n) is 4.30. The predicted molar refractivity (Wildman–Crippen MR) is 69.8 cm³/mol. The van der Waals surface area contributed by atoms with Crippen LogP contribution in [-0.4, -0.2) is 27.2 Å². The minimum atomic E-state index is -0.187. The van der Waals surface area contributed by atoms with Crippen LogP contribution in [0.3, 0.4) is 0 Å². The van der Waals surface area contributed by atoms with Gasteiger partial charge in [-0.25, -0.2) is 4.98 Å². The molecule has 2 aromatic rings. The van der Waals surface area contributed by atoms with E-state index in [0.29, 0.717) is 18.0 Å². The average Bonchev–Trinajstić information content (AvgIpc) is 2.90. The first-order valence-electron chi connectivity index (χ1n) is 6.04. The van der Waals surface area contributed by atoms with E-state index < -0.39 is 0 Å². The minimum absolute atomic E-state index is 0.0400. The molecule has 0 aliphatic carbocycles. The van der Waals surface area contributed by atoms with Crippen molar-refractivity contribution >= 4 is 5.91 Å². The first-order chi connectivity index (χ1) is 9.16.